The predicted octanol–water partition coefficient (Wildman–Crippen LogP) is 3.52. The van der Waals surface area contributed by atoms with Crippen molar-refractivity contribution in [3.05, 3.63) is 105 Å². The molecular weight excluding hydrogens is 583 g/mol. The van der Waals surface area contributed by atoms with Gasteiger partial charge in [0.1, 0.15) is 12.8 Å². The van der Waals surface area contributed by atoms with E-state index in [0.29, 0.717) is 0 Å². The monoisotopic (exact) mass is 621 g/mol. The molecule has 0 aliphatic carbocycles. The quantitative estimate of drug-likeness (QED) is 0.182. The minimum atomic E-state index is -3.83. The van der Waals surface area contributed by atoms with E-state index in [1.807, 2.05) is 30.3 Å². The molecule has 2 heterocycles. The van der Waals surface area contributed by atoms with Crippen LogP contribution in [0.4, 0.5) is 0 Å². The first-order valence-corrected chi connectivity index (χ1v) is 15.2. The third kappa shape index (κ3) is 8.15. The molecule has 0 radical (unpaired) electrons. The van der Waals surface area contributed by atoms with Crippen molar-refractivity contribution in [2.45, 2.75) is 51.9 Å². The highest BCUT2D eigenvalue weighted by Crippen LogP contribution is 2.49. The fraction of sp³-hybridized carbons (Fsp3) is 0.414. The van der Waals surface area contributed by atoms with Crippen LogP contribution in [0.25, 0.3) is 0 Å². The van der Waals surface area contributed by atoms with Gasteiger partial charge in [-0.15, -0.1) is 0 Å². The van der Waals surface area contributed by atoms with E-state index in [9.17, 15) is 18.9 Å². The molecule has 1 aliphatic heterocycles. The minimum absolute atomic E-state index is 0.0231. The van der Waals surface area contributed by atoms with Crippen molar-refractivity contribution in [2.24, 2.45) is 0 Å². The molecule has 4 atom stereocenters. The van der Waals surface area contributed by atoms with Gasteiger partial charge in [-0.3, -0.25) is 13.9 Å². The summed E-state index contributed by atoms with van der Waals surface area (Å²) >= 11 is 0. The average Bonchev–Trinajstić information content (AvgIpc) is 3.33. The van der Waals surface area contributed by atoms with E-state index in [2.05, 4.69) is 0 Å². The van der Waals surface area contributed by atoms with Crippen LogP contribution in [0.5, 0.6) is 0 Å². The first-order valence-electron chi connectivity index (χ1n) is 15.0. The molecule has 1 saturated heterocycles. The Bertz CT molecular complexity index is 1590. The Balaban J connectivity index is 1.69. The topological polar surface area (TPSA) is 143 Å². The lowest BCUT2D eigenvalue weighted by atomic mass is 10.2. The van der Waals surface area contributed by atoms with E-state index < -0.39 is 69.7 Å². The van der Waals surface area contributed by atoms with Crippen molar-refractivity contribution >= 4 is 13.6 Å². The summed E-state index contributed by atoms with van der Waals surface area (Å²) < 4.78 is 77.1. The van der Waals surface area contributed by atoms with Gasteiger partial charge in [-0.05, 0) is 31.5 Å². The Morgan fingerprint density at radius 3 is 2.30 bits per heavy atom. The van der Waals surface area contributed by atoms with Crippen LogP contribution in [0.1, 0.15) is 40.1 Å². The van der Waals surface area contributed by atoms with Crippen LogP contribution in [-0.2, 0) is 50.6 Å². The fourth-order valence-electron chi connectivity index (χ4n) is 4.32. The summed E-state index contributed by atoms with van der Waals surface area (Å²) in [6.07, 6.45) is -6.11. The Morgan fingerprint density at radius 1 is 0.977 bits per heavy atom. The van der Waals surface area contributed by atoms with Crippen LogP contribution in [-0.4, -0.2) is 60.2 Å². The lowest BCUT2D eigenvalue weighted by Crippen LogP contribution is -2.44. The number of carbonyl (C=O) groups is 1. The number of benzene rings is 2. The second kappa shape index (κ2) is 15.3. The van der Waals surface area contributed by atoms with Gasteiger partial charge in [-0.25, -0.2) is 14.2 Å². The van der Waals surface area contributed by atoms with Crippen LogP contribution in [0.2, 0.25) is 0 Å². The van der Waals surface area contributed by atoms with Gasteiger partial charge in [0.15, 0.2) is 18.7 Å². The number of hydrogen-bond donors (Lipinski definition) is 0. The molecule has 0 bridgehead atoms. The lowest BCUT2D eigenvalue weighted by molar-refractivity contribution is -0.170. The van der Waals surface area contributed by atoms with Gasteiger partial charge >= 0.3 is 19.3 Å². The zero-order chi connectivity index (χ0) is 33.3. The molecule has 232 valence electrons. The number of nitrogens with zero attached hydrogens (tertiary/aromatic N) is 2. The Hall–Kier alpha value is -3.42. The van der Waals surface area contributed by atoms with Crippen molar-refractivity contribution in [3.8, 4) is 0 Å². The molecule has 0 N–H and O–H groups in total. The van der Waals surface area contributed by atoms with E-state index in [0.717, 1.165) is 27.0 Å². The number of esters is 1. The van der Waals surface area contributed by atoms with Gasteiger partial charge in [-0.2, -0.15) is 0 Å². The van der Waals surface area contributed by atoms with E-state index in [1.165, 1.54) is 12.1 Å². The van der Waals surface area contributed by atoms with Crippen molar-refractivity contribution in [1.82, 2.24) is 9.13 Å². The zero-order valence-corrected chi connectivity index (χ0v) is 24.5. The lowest BCUT2D eigenvalue weighted by Gasteiger charge is -2.24. The molecule has 13 nitrogen and oxygen atoms in total. The minimum Gasteiger partial charge on any atom is -0.450 e. The third-order valence-corrected chi connectivity index (χ3v) is 8.05. The number of ether oxygens (including phenoxy) is 5. The fourth-order valence-corrected chi connectivity index (χ4v) is 5.66. The summed E-state index contributed by atoms with van der Waals surface area (Å²) in [6, 6.07) is 17.9. The van der Waals surface area contributed by atoms with Gasteiger partial charge < -0.3 is 32.7 Å². The van der Waals surface area contributed by atoms with Crippen LogP contribution in [0.3, 0.4) is 0 Å². The third-order valence-electron chi connectivity index (χ3n) is 6.29. The first-order chi connectivity index (χ1) is 21.9. The highest BCUT2D eigenvalue weighted by molar-refractivity contribution is 7.53. The second-order valence-corrected chi connectivity index (χ2v) is 11.2. The van der Waals surface area contributed by atoms with Crippen LogP contribution in [0.15, 0.2) is 82.5 Å². The summed E-state index contributed by atoms with van der Waals surface area (Å²) in [5.41, 5.74) is -0.716. The number of rotatable bonds is 15. The molecule has 0 amide bonds. The molecular formula is C29H35N2O11P. The highest BCUT2D eigenvalue weighted by atomic mass is 31.2. The maximum atomic E-state index is 13.6. The van der Waals surface area contributed by atoms with Gasteiger partial charge in [0.25, 0.3) is 5.56 Å². The smallest absolute Gasteiger partial charge is 0.356 e. The van der Waals surface area contributed by atoms with Crippen LogP contribution < -0.4 is 11.2 Å². The average molecular weight is 622 g/mol. The standard InChI is InChI=1S/C29H35N2O11P/c1-4-39-43(35,40-5-2)20-38-28-25(41-27(33)22-14-10-7-11-15-22)24(36-3)26(42-28)30-17-16-23(32)31(29(30)34)19-37-18-21-12-8-6-9-13-21/h6-17,24-26,28H,4-5,18-20H2,1-3H3/t24-,25+,26-,28?/m1/s1/i3D3. The summed E-state index contributed by atoms with van der Waals surface area (Å²) in [5.74, 6) is -0.882. The summed E-state index contributed by atoms with van der Waals surface area (Å²) in [4.78, 5) is 39.4. The summed E-state index contributed by atoms with van der Waals surface area (Å²) in [6.45, 7) is 2.90. The van der Waals surface area contributed by atoms with E-state index in [1.54, 1.807) is 32.0 Å². The molecule has 43 heavy (non-hydrogen) atoms. The van der Waals surface area contributed by atoms with Gasteiger partial charge in [-0.1, -0.05) is 48.5 Å². The Labute approximate surface area is 252 Å². The zero-order valence-electron chi connectivity index (χ0n) is 26.6. The molecule has 2 aromatic carbocycles. The van der Waals surface area contributed by atoms with Crippen LogP contribution in [0, 0.1) is 0 Å². The molecule has 1 unspecified atom stereocenters. The van der Waals surface area contributed by atoms with Crippen molar-refractivity contribution < 1.29 is 46.2 Å². The molecule has 3 aromatic rings. The molecule has 14 heteroatoms. The molecule has 1 fully saturated rings. The van der Waals surface area contributed by atoms with Crippen molar-refractivity contribution in [1.29, 1.82) is 0 Å². The largest absolute Gasteiger partial charge is 0.450 e. The Kier molecular flexibility index (Phi) is 10.1. The summed E-state index contributed by atoms with van der Waals surface area (Å²) in [5, 5.41) is 0. The molecule has 0 saturated carbocycles. The number of hydrogen-bond acceptors (Lipinski definition) is 11. The number of aromatic nitrogens is 2. The SMILES string of the molecule is [2H]C([2H])([2H])O[C@@H]1[C@H](OC(=O)c2ccccc2)C(OCP(=O)(OCC)OCC)O[C@H]1n1ccc(=O)n(COCc2ccccc2)c1=O. The van der Waals surface area contributed by atoms with Gasteiger partial charge in [0.2, 0.25) is 6.29 Å². The van der Waals surface area contributed by atoms with E-state index in [4.69, 9.17) is 36.8 Å². The van der Waals surface area contributed by atoms with E-state index in [-0.39, 0.29) is 25.4 Å². The number of carbonyl (C=O) groups excluding carboxylic acids is 1. The van der Waals surface area contributed by atoms with Gasteiger partial charge in [0, 0.05) is 19.3 Å². The van der Waals surface area contributed by atoms with Gasteiger partial charge in [0.05, 0.1) is 29.5 Å². The van der Waals surface area contributed by atoms with Crippen molar-refractivity contribution in [2.75, 3.05) is 26.6 Å². The van der Waals surface area contributed by atoms with E-state index >= 15 is 0 Å². The molecule has 0 spiro atoms. The first kappa shape index (κ1) is 28.4. The molecule has 1 aliphatic rings. The van der Waals surface area contributed by atoms with Crippen molar-refractivity contribution in [3.63, 3.8) is 0 Å². The maximum absolute atomic E-state index is 13.6. The predicted molar refractivity (Wildman–Crippen MR) is 153 cm³/mol. The normalized spacial score (nSPS) is 21.6. The highest BCUT2D eigenvalue weighted by Gasteiger charge is 2.50. The maximum Gasteiger partial charge on any atom is 0.356 e. The molecule has 1 aromatic heterocycles. The second-order valence-electron chi connectivity index (χ2n) is 9.19. The molecule has 4 rings (SSSR count). The number of methoxy groups -OCH3 is 1. The summed E-state index contributed by atoms with van der Waals surface area (Å²) in [7, 11) is -6.90. The van der Waals surface area contributed by atoms with Crippen LogP contribution >= 0.6 is 7.60 Å². The Morgan fingerprint density at radius 2 is 1.65 bits per heavy atom.